The Morgan fingerprint density at radius 1 is 1.30 bits per heavy atom. The number of hydrogen-bond acceptors (Lipinski definition) is 5. The third-order valence-corrected chi connectivity index (χ3v) is 3.81. The van der Waals surface area contributed by atoms with E-state index in [1.54, 1.807) is 24.3 Å². The molecule has 1 aromatic heterocycles. The van der Waals surface area contributed by atoms with E-state index >= 15 is 0 Å². The average molecular weight is 334 g/mol. The summed E-state index contributed by atoms with van der Waals surface area (Å²) < 4.78 is 5.53. The first-order chi connectivity index (χ1) is 11.1. The van der Waals surface area contributed by atoms with Gasteiger partial charge in [-0.15, -0.1) is 0 Å². The first-order valence-electron chi connectivity index (χ1n) is 6.90. The van der Waals surface area contributed by atoms with Gasteiger partial charge in [0.25, 0.3) is 5.91 Å². The lowest BCUT2D eigenvalue weighted by Gasteiger charge is -2.18. The molecule has 0 aliphatic carbocycles. The van der Waals surface area contributed by atoms with Crippen molar-refractivity contribution in [3.05, 3.63) is 57.7 Å². The number of carbonyl (C=O) groups excluding carboxylic acids is 1. The monoisotopic (exact) mass is 333 g/mol. The minimum atomic E-state index is -0.797. The molecule has 0 N–H and O–H groups in total. The molecule has 1 saturated heterocycles. The van der Waals surface area contributed by atoms with Crippen LogP contribution >= 0.6 is 11.6 Å². The van der Waals surface area contributed by atoms with Gasteiger partial charge in [0.2, 0.25) is 5.75 Å². The van der Waals surface area contributed by atoms with Crippen LogP contribution in [0.4, 0.5) is 11.5 Å². The van der Waals surface area contributed by atoms with E-state index in [1.807, 2.05) is 0 Å². The Morgan fingerprint density at radius 2 is 2.09 bits per heavy atom. The van der Waals surface area contributed by atoms with E-state index in [0.29, 0.717) is 23.7 Å². The van der Waals surface area contributed by atoms with Gasteiger partial charge >= 0.3 is 5.82 Å². The number of anilines is 1. The zero-order valence-electron chi connectivity index (χ0n) is 11.9. The second-order valence-electron chi connectivity index (χ2n) is 4.92. The van der Waals surface area contributed by atoms with Crippen LogP contribution in [0.1, 0.15) is 6.42 Å². The van der Waals surface area contributed by atoms with Gasteiger partial charge in [0.15, 0.2) is 6.10 Å². The highest BCUT2D eigenvalue weighted by molar-refractivity contribution is 6.33. The summed E-state index contributed by atoms with van der Waals surface area (Å²) in [5.41, 5.74) is 0.603. The minimum absolute atomic E-state index is 0.0168. The van der Waals surface area contributed by atoms with Gasteiger partial charge in [0.05, 0.1) is 10.7 Å². The molecule has 1 aliphatic rings. The Labute approximate surface area is 136 Å². The number of amides is 1. The highest BCUT2D eigenvalue weighted by Crippen LogP contribution is 2.32. The van der Waals surface area contributed by atoms with Crippen molar-refractivity contribution < 1.29 is 14.5 Å². The van der Waals surface area contributed by atoms with Crippen molar-refractivity contribution in [1.29, 1.82) is 0 Å². The lowest BCUT2D eigenvalue weighted by atomic mass is 10.3. The van der Waals surface area contributed by atoms with Crippen LogP contribution in [0, 0.1) is 10.1 Å². The zero-order valence-corrected chi connectivity index (χ0v) is 12.6. The van der Waals surface area contributed by atoms with Crippen LogP contribution in [0.2, 0.25) is 5.02 Å². The second kappa shape index (κ2) is 6.21. The maximum atomic E-state index is 12.5. The van der Waals surface area contributed by atoms with Crippen molar-refractivity contribution in [2.24, 2.45) is 0 Å². The average Bonchev–Trinajstić information content (AvgIpc) is 2.89. The van der Waals surface area contributed by atoms with Gasteiger partial charge in [-0.3, -0.25) is 4.79 Å². The second-order valence-corrected chi connectivity index (χ2v) is 5.33. The van der Waals surface area contributed by atoms with E-state index in [9.17, 15) is 14.9 Å². The number of nitro groups is 1. The zero-order chi connectivity index (χ0) is 16.4. The molecule has 0 radical (unpaired) electrons. The first-order valence-corrected chi connectivity index (χ1v) is 7.27. The van der Waals surface area contributed by atoms with Gasteiger partial charge in [-0.2, -0.15) is 0 Å². The Morgan fingerprint density at radius 3 is 2.83 bits per heavy atom. The molecule has 0 spiro atoms. The summed E-state index contributed by atoms with van der Waals surface area (Å²) >= 11 is 6.11. The topological polar surface area (TPSA) is 85.6 Å². The lowest BCUT2D eigenvalue weighted by Crippen LogP contribution is -2.32. The third-order valence-electron chi connectivity index (χ3n) is 3.49. The summed E-state index contributed by atoms with van der Waals surface area (Å²) in [6.07, 6.45) is 0.919. The molecule has 1 fully saturated rings. The van der Waals surface area contributed by atoms with Crippen molar-refractivity contribution in [1.82, 2.24) is 4.98 Å². The number of hydrogen-bond donors (Lipinski definition) is 0. The molecule has 1 unspecified atom stereocenters. The van der Waals surface area contributed by atoms with E-state index < -0.39 is 16.8 Å². The van der Waals surface area contributed by atoms with Crippen molar-refractivity contribution in [3.63, 3.8) is 0 Å². The van der Waals surface area contributed by atoms with Gasteiger partial charge < -0.3 is 19.8 Å². The number of rotatable bonds is 4. The number of para-hydroxylation sites is 1. The number of nitrogens with zero attached hydrogens (tertiary/aromatic N) is 3. The number of carbonyl (C=O) groups is 1. The fourth-order valence-corrected chi connectivity index (χ4v) is 2.68. The maximum absolute atomic E-state index is 12.5. The van der Waals surface area contributed by atoms with E-state index in [-0.39, 0.29) is 11.7 Å². The molecule has 2 heterocycles. The molecular weight excluding hydrogens is 322 g/mol. The number of ether oxygens (including phenoxy) is 1. The summed E-state index contributed by atoms with van der Waals surface area (Å²) in [5.74, 6) is -0.704. The van der Waals surface area contributed by atoms with Crippen LogP contribution < -0.4 is 9.64 Å². The molecule has 1 amide bonds. The van der Waals surface area contributed by atoms with Crippen molar-refractivity contribution >= 4 is 29.0 Å². The van der Waals surface area contributed by atoms with Gasteiger partial charge in [-0.25, -0.2) is 0 Å². The van der Waals surface area contributed by atoms with Gasteiger partial charge in [-0.05, 0) is 34.2 Å². The molecular formula is C15H12ClN3O4. The Balaban J connectivity index is 1.81. The molecule has 2 aromatic rings. The number of aromatic nitrogens is 1. The standard InChI is InChI=1S/C15H12ClN3O4/c16-10-4-1-2-5-11(10)18-9-7-13(15(18)20)23-12-6-3-8-17-14(12)19(21)22/h1-6,8,13H,7,9H2. The molecule has 3 rings (SSSR count). The predicted molar refractivity (Wildman–Crippen MR) is 83.7 cm³/mol. The smallest absolute Gasteiger partial charge is 0.406 e. The van der Waals surface area contributed by atoms with E-state index in [0.717, 1.165) is 0 Å². The Kier molecular flexibility index (Phi) is 4.12. The molecule has 1 aliphatic heterocycles. The van der Waals surface area contributed by atoms with Crippen LogP contribution in [0.5, 0.6) is 5.75 Å². The summed E-state index contributed by atoms with van der Waals surface area (Å²) in [5, 5.41) is 11.4. The highest BCUT2D eigenvalue weighted by Gasteiger charge is 2.36. The number of halogens is 1. The summed E-state index contributed by atoms with van der Waals surface area (Å²) in [7, 11) is 0. The molecule has 1 aromatic carbocycles. The van der Waals surface area contributed by atoms with Crippen molar-refractivity contribution in [2.45, 2.75) is 12.5 Å². The molecule has 7 nitrogen and oxygen atoms in total. The maximum Gasteiger partial charge on any atom is 0.406 e. The molecule has 0 saturated carbocycles. The van der Waals surface area contributed by atoms with Crippen LogP contribution in [-0.4, -0.2) is 28.5 Å². The van der Waals surface area contributed by atoms with Gasteiger partial charge in [-0.1, -0.05) is 23.7 Å². The molecule has 1 atom stereocenters. The van der Waals surface area contributed by atoms with Gasteiger partial charge in [0, 0.05) is 13.0 Å². The third kappa shape index (κ3) is 2.95. The summed E-state index contributed by atoms with van der Waals surface area (Å²) in [4.78, 5) is 28.0. The van der Waals surface area contributed by atoms with E-state index in [1.165, 1.54) is 23.2 Å². The summed E-state index contributed by atoms with van der Waals surface area (Å²) in [6, 6.07) is 9.96. The normalized spacial score (nSPS) is 17.3. The number of benzene rings is 1. The molecule has 0 bridgehead atoms. The first kappa shape index (κ1) is 15.2. The predicted octanol–water partition coefficient (Wildman–Crippen LogP) is 2.83. The highest BCUT2D eigenvalue weighted by atomic mass is 35.5. The lowest BCUT2D eigenvalue weighted by molar-refractivity contribution is -0.390. The Hall–Kier alpha value is -2.67. The molecule has 118 valence electrons. The van der Waals surface area contributed by atoms with E-state index in [2.05, 4.69) is 4.98 Å². The number of pyridine rings is 1. The Bertz CT molecular complexity index is 768. The van der Waals surface area contributed by atoms with Crippen LogP contribution in [-0.2, 0) is 4.79 Å². The fourth-order valence-electron chi connectivity index (χ4n) is 2.44. The van der Waals surface area contributed by atoms with Gasteiger partial charge in [0.1, 0.15) is 6.20 Å². The quantitative estimate of drug-likeness (QED) is 0.634. The fraction of sp³-hybridized carbons (Fsp3) is 0.200. The largest absolute Gasteiger partial charge is 0.472 e. The molecule has 23 heavy (non-hydrogen) atoms. The van der Waals surface area contributed by atoms with Crippen LogP contribution in [0.25, 0.3) is 0 Å². The van der Waals surface area contributed by atoms with E-state index in [4.69, 9.17) is 16.3 Å². The minimum Gasteiger partial charge on any atom is -0.472 e. The SMILES string of the molecule is O=C1C(Oc2cccnc2[N+](=O)[O-])CCN1c1ccccc1Cl. The summed E-state index contributed by atoms with van der Waals surface area (Å²) in [6.45, 7) is 0.432. The molecule has 8 heteroatoms. The van der Waals surface area contributed by atoms with Crippen LogP contribution in [0.15, 0.2) is 42.6 Å². The van der Waals surface area contributed by atoms with Crippen molar-refractivity contribution in [3.8, 4) is 5.75 Å². The van der Waals surface area contributed by atoms with Crippen molar-refractivity contribution in [2.75, 3.05) is 11.4 Å². The van der Waals surface area contributed by atoms with Crippen LogP contribution in [0.3, 0.4) is 0 Å².